The zero-order chi connectivity index (χ0) is 14.1. The number of fused-ring (bicyclic) bond motifs is 2. The first-order valence-electron chi connectivity index (χ1n) is 7.94. The van der Waals surface area contributed by atoms with Gasteiger partial charge in [0.1, 0.15) is 5.72 Å². The van der Waals surface area contributed by atoms with Crippen LogP contribution in [0.2, 0.25) is 0 Å². The van der Waals surface area contributed by atoms with Gasteiger partial charge in [0, 0.05) is 12.5 Å². The van der Waals surface area contributed by atoms with Gasteiger partial charge in [-0.05, 0) is 31.1 Å². The average Bonchev–Trinajstić information content (AvgIpc) is 3.08. The zero-order valence-electron chi connectivity index (χ0n) is 12.0. The van der Waals surface area contributed by atoms with Crippen LogP contribution in [0.25, 0.3) is 0 Å². The number of amides is 1. The van der Waals surface area contributed by atoms with E-state index in [2.05, 4.69) is 13.5 Å². The largest absolute Gasteiger partial charge is 0.390 e. The van der Waals surface area contributed by atoms with E-state index in [1.807, 2.05) is 4.90 Å². The lowest BCUT2D eigenvalue weighted by Crippen LogP contribution is -2.50. The molecule has 0 aromatic carbocycles. The predicted octanol–water partition coefficient (Wildman–Crippen LogP) is 1.54. The van der Waals surface area contributed by atoms with Crippen LogP contribution in [0.5, 0.6) is 0 Å². The fraction of sp³-hybridized carbons (Fsp3) is 0.812. The molecule has 2 aliphatic carbocycles. The van der Waals surface area contributed by atoms with Crippen molar-refractivity contribution in [2.75, 3.05) is 6.54 Å². The molecule has 4 heteroatoms. The summed E-state index contributed by atoms with van der Waals surface area (Å²) >= 11 is 0. The van der Waals surface area contributed by atoms with E-state index in [1.54, 1.807) is 6.08 Å². The normalized spacial score (nSPS) is 51.3. The molecule has 4 aliphatic rings. The van der Waals surface area contributed by atoms with Crippen molar-refractivity contribution >= 4 is 5.91 Å². The standard InChI is InChI=1S/C16H23NO3/c1-3-5-6-16-12-10-8-9(13(18)14(10)20-16)11(12)15(19)17(16)7-4-2/h4,9-14,18H,2-3,5-8H2,1H3. The third-order valence-corrected chi connectivity index (χ3v) is 6.12. The molecule has 4 rings (SSSR count). The van der Waals surface area contributed by atoms with E-state index < -0.39 is 11.8 Å². The second kappa shape index (κ2) is 4.08. The van der Waals surface area contributed by atoms with Crippen LogP contribution < -0.4 is 0 Å². The van der Waals surface area contributed by atoms with Gasteiger partial charge in [0.2, 0.25) is 5.91 Å². The van der Waals surface area contributed by atoms with Crippen LogP contribution in [-0.4, -0.2) is 40.4 Å². The van der Waals surface area contributed by atoms with Gasteiger partial charge >= 0.3 is 0 Å². The van der Waals surface area contributed by atoms with Crippen molar-refractivity contribution in [1.82, 2.24) is 4.90 Å². The molecular formula is C16H23NO3. The smallest absolute Gasteiger partial charge is 0.229 e. The van der Waals surface area contributed by atoms with Crippen LogP contribution >= 0.6 is 0 Å². The maximum Gasteiger partial charge on any atom is 0.229 e. The van der Waals surface area contributed by atoms with Crippen molar-refractivity contribution in [3.63, 3.8) is 0 Å². The summed E-state index contributed by atoms with van der Waals surface area (Å²) in [5.41, 5.74) is -0.451. The summed E-state index contributed by atoms with van der Waals surface area (Å²) in [6.07, 6.45) is 5.35. The molecule has 20 heavy (non-hydrogen) atoms. The summed E-state index contributed by atoms with van der Waals surface area (Å²) in [7, 11) is 0. The number of likely N-dealkylation sites (tertiary alicyclic amines) is 1. The van der Waals surface area contributed by atoms with E-state index >= 15 is 0 Å². The van der Waals surface area contributed by atoms with Gasteiger partial charge in [0.15, 0.2) is 0 Å². The van der Waals surface area contributed by atoms with Crippen molar-refractivity contribution in [3.05, 3.63) is 12.7 Å². The highest BCUT2D eigenvalue weighted by molar-refractivity contribution is 5.84. The van der Waals surface area contributed by atoms with Crippen LogP contribution in [-0.2, 0) is 9.53 Å². The van der Waals surface area contributed by atoms with Gasteiger partial charge in [0.05, 0.1) is 18.1 Å². The number of nitrogens with zero attached hydrogens (tertiary/aromatic N) is 1. The molecule has 7 unspecified atom stereocenters. The highest BCUT2D eigenvalue weighted by Gasteiger charge is 2.77. The van der Waals surface area contributed by atoms with E-state index in [1.165, 1.54) is 0 Å². The van der Waals surface area contributed by atoms with Gasteiger partial charge in [-0.3, -0.25) is 4.79 Å². The Bertz CT molecular complexity index is 465. The highest BCUT2D eigenvalue weighted by atomic mass is 16.6. The first-order valence-corrected chi connectivity index (χ1v) is 7.94. The van der Waals surface area contributed by atoms with Gasteiger partial charge in [-0.1, -0.05) is 19.4 Å². The van der Waals surface area contributed by atoms with Gasteiger partial charge in [-0.25, -0.2) is 0 Å². The number of hydrogen-bond donors (Lipinski definition) is 1. The van der Waals surface area contributed by atoms with Gasteiger partial charge < -0.3 is 14.7 Å². The highest BCUT2D eigenvalue weighted by Crippen LogP contribution is 2.68. The second-order valence-corrected chi connectivity index (χ2v) is 6.87. The second-order valence-electron chi connectivity index (χ2n) is 6.87. The third-order valence-electron chi connectivity index (χ3n) is 6.12. The summed E-state index contributed by atoms with van der Waals surface area (Å²) in [5, 5.41) is 10.4. The van der Waals surface area contributed by atoms with Gasteiger partial charge in [-0.2, -0.15) is 0 Å². The van der Waals surface area contributed by atoms with Crippen LogP contribution in [0, 0.1) is 23.7 Å². The van der Waals surface area contributed by atoms with Crippen molar-refractivity contribution in [3.8, 4) is 0 Å². The van der Waals surface area contributed by atoms with Crippen molar-refractivity contribution in [2.24, 2.45) is 23.7 Å². The number of unbranched alkanes of at least 4 members (excludes halogenated alkanes) is 1. The Kier molecular flexibility index (Phi) is 2.62. The first-order chi connectivity index (χ1) is 9.65. The number of aliphatic hydroxyl groups is 1. The lowest BCUT2D eigenvalue weighted by Gasteiger charge is -2.38. The Morgan fingerprint density at radius 3 is 3.05 bits per heavy atom. The molecule has 4 nitrogen and oxygen atoms in total. The van der Waals surface area contributed by atoms with E-state index in [0.717, 1.165) is 25.7 Å². The summed E-state index contributed by atoms with van der Waals surface area (Å²) in [6.45, 7) is 6.53. The van der Waals surface area contributed by atoms with Gasteiger partial charge in [-0.15, -0.1) is 6.58 Å². The number of carbonyl (C=O) groups excluding carboxylic acids is 1. The minimum Gasteiger partial charge on any atom is -0.390 e. The van der Waals surface area contributed by atoms with Gasteiger partial charge in [0.25, 0.3) is 0 Å². The quantitative estimate of drug-likeness (QED) is 0.776. The predicted molar refractivity (Wildman–Crippen MR) is 73.6 cm³/mol. The fourth-order valence-corrected chi connectivity index (χ4v) is 5.52. The number of hydrogen-bond acceptors (Lipinski definition) is 3. The third kappa shape index (κ3) is 1.23. The number of ether oxygens (including phenoxy) is 1. The minimum absolute atomic E-state index is 0.00874. The van der Waals surface area contributed by atoms with Crippen LogP contribution in [0.3, 0.4) is 0 Å². The molecule has 2 heterocycles. The maximum atomic E-state index is 12.8. The molecule has 1 amide bonds. The topological polar surface area (TPSA) is 49.8 Å². The summed E-state index contributed by atoms with van der Waals surface area (Å²) in [4.78, 5) is 14.7. The molecular weight excluding hydrogens is 254 g/mol. The molecule has 2 aliphatic heterocycles. The van der Waals surface area contributed by atoms with E-state index in [4.69, 9.17) is 4.74 Å². The Morgan fingerprint density at radius 1 is 1.55 bits per heavy atom. The molecule has 0 aromatic rings. The average molecular weight is 277 g/mol. The van der Waals surface area contributed by atoms with Crippen LogP contribution in [0.4, 0.5) is 0 Å². The molecule has 2 saturated heterocycles. The van der Waals surface area contributed by atoms with E-state index in [9.17, 15) is 9.90 Å². The van der Waals surface area contributed by atoms with Crippen molar-refractivity contribution in [1.29, 1.82) is 0 Å². The first kappa shape index (κ1) is 12.8. The van der Waals surface area contributed by atoms with Crippen molar-refractivity contribution < 1.29 is 14.6 Å². The minimum atomic E-state index is -0.451. The van der Waals surface area contributed by atoms with E-state index in [0.29, 0.717) is 18.4 Å². The zero-order valence-corrected chi connectivity index (χ0v) is 12.0. The summed E-state index contributed by atoms with van der Waals surface area (Å²) in [6, 6.07) is 0. The molecule has 2 saturated carbocycles. The molecule has 0 radical (unpaired) electrons. The Hall–Kier alpha value is -0.870. The van der Waals surface area contributed by atoms with Crippen molar-refractivity contribution in [2.45, 2.75) is 50.5 Å². The number of rotatable bonds is 5. The molecule has 7 atom stereocenters. The SMILES string of the molecule is C=CCN1C(=O)C2C3CC4C(OC1(CCCC)C42)C3O. The Balaban J connectivity index is 1.77. The summed E-state index contributed by atoms with van der Waals surface area (Å²) in [5.74, 6) is 0.998. The molecule has 0 spiro atoms. The Labute approximate surface area is 119 Å². The fourth-order valence-electron chi connectivity index (χ4n) is 5.52. The Morgan fingerprint density at radius 2 is 2.35 bits per heavy atom. The molecule has 2 bridgehead atoms. The molecule has 0 aromatic heterocycles. The number of carbonyl (C=O) groups is 1. The molecule has 110 valence electrons. The molecule has 1 N–H and O–H groups in total. The molecule has 4 fully saturated rings. The summed E-state index contributed by atoms with van der Waals surface area (Å²) < 4.78 is 6.38. The number of aliphatic hydroxyl groups excluding tert-OH is 1. The monoisotopic (exact) mass is 277 g/mol. The maximum absolute atomic E-state index is 12.8. The lowest BCUT2D eigenvalue weighted by molar-refractivity contribution is -0.178. The van der Waals surface area contributed by atoms with Crippen LogP contribution in [0.15, 0.2) is 12.7 Å². The van der Waals surface area contributed by atoms with E-state index in [-0.39, 0.29) is 23.8 Å². The lowest BCUT2D eigenvalue weighted by atomic mass is 9.76. The van der Waals surface area contributed by atoms with Crippen LogP contribution in [0.1, 0.15) is 32.6 Å².